The average Bonchev–Trinajstić information content (AvgIpc) is 3.36. The van der Waals surface area contributed by atoms with Gasteiger partial charge in [-0.15, -0.1) is 24.0 Å². The molecule has 1 fully saturated rings. The lowest BCUT2D eigenvalue weighted by molar-refractivity contribution is 0.145. The highest BCUT2D eigenvalue weighted by Gasteiger charge is 2.27. The molecule has 0 heterocycles. The maximum Gasteiger partial charge on any atom is 0.240 e. The first-order valence-corrected chi connectivity index (χ1v) is 9.72. The van der Waals surface area contributed by atoms with Gasteiger partial charge in [-0.3, -0.25) is 0 Å². The summed E-state index contributed by atoms with van der Waals surface area (Å²) in [5.74, 6) is 0.374. The molecular weight excluding hydrogens is 455 g/mol. The second kappa shape index (κ2) is 10.9. The molecule has 0 saturated heterocycles. The Morgan fingerprint density at radius 3 is 2.60 bits per heavy atom. The van der Waals surface area contributed by atoms with Gasteiger partial charge in [-0.25, -0.2) is 18.1 Å². The van der Waals surface area contributed by atoms with E-state index in [1.54, 1.807) is 24.3 Å². The van der Waals surface area contributed by atoms with Crippen LogP contribution in [0.2, 0.25) is 0 Å². The summed E-state index contributed by atoms with van der Waals surface area (Å²) >= 11 is 0. The standard InChI is InChI=1S/C16H26N4O3S.HI/c1-2-23-11-3-10-18-16(17)19-12-13-4-8-15(9-5-13)24(21,22)20-14-6-7-14;/h4-5,8-9,14,20H,2-3,6-7,10-12H2,1H3,(H3,17,18,19);1H. The van der Waals surface area contributed by atoms with Gasteiger partial charge in [0.2, 0.25) is 10.0 Å². The van der Waals surface area contributed by atoms with Gasteiger partial charge in [0.1, 0.15) is 0 Å². The van der Waals surface area contributed by atoms with Crippen molar-refractivity contribution in [1.29, 1.82) is 0 Å². The summed E-state index contributed by atoms with van der Waals surface area (Å²) in [6.45, 7) is 4.48. The van der Waals surface area contributed by atoms with E-state index in [0.29, 0.717) is 32.3 Å². The van der Waals surface area contributed by atoms with Crippen LogP contribution in [0.3, 0.4) is 0 Å². The summed E-state index contributed by atoms with van der Waals surface area (Å²) < 4.78 is 32.0. The van der Waals surface area contributed by atoms with Crippen molar-refractivity contribution in [1.82, 2.24) is 10.0 Å². The lowest BCUT2D eigenvalue weighted by Gasteiger charge is -2.07. The minimum Gasteiger partial charge on any atom is -0.382 e. The third-order valence-corrected chi connectivity index (χ3v) is 5.08. The van der Waals surface area contributed by atoms with Crippen LogP contribution >= 0.6 is 24.0 Å². The summed E-state index contributed by atoms with van der Waals surface area (Å²) in [6.07, 6.45) is 2.70. The molecule has 0 aliphatic heterocycles. The van der Waals surface area contributed by atoms with E-state index in [4.69, 9.17) is 10.5 Å². The van der Waals surface area contributed by atoms with Crippen LogP contribution in [0.25, 0.3) is 0 Å². The smallest absolute Gasteiger partial charge is 0.240 e. The molecule has 9 heteroatoms. The van der Waals surface area contributed by atoms with Crippen molar-refractivity contribution in [3.63, 3.8) is 0 Å². The van der Waals surface area contributed by atoms with E-state index in [1.165, 1.54) is 0 Å². The predicted octanol–water partition coefficient (Wildman–Crippen LogP) is 1.58. The molecule has 7 nitrogen and oxygen atoms in total. The molecule has 0 spiro atoms. The van der Waals surface area contributed by atoms with Crippen LogP contribution in [0.4, 0.5) is 0 Å². The van der Waals surface area contributed by atoms with Gasteiger partial charge in [-0.05, 0) is 43.9 Å². The lowest BCUT2D eigenvalue weighted by Crippen LogP contribution is -2.32. The van der Waals surface area contributed by atoms with Gasteiger partial charge in [0.25, 0.3) is 0 Å². The lowest BCUT2D eigenvalue weighted by atomic mass is 10.2. The molecule has 1 aromatic rings. The van der Waals surface area contributed by atoms with Crippen molar-refractivity contribution in [3.05, 3.63) is 29.8 Å². The molecular formula is C16H27IN4O3S. The van der Waals surface area contributed by atoms with Crippen LogP contribution in [0.5, 0.6) is 0 Å². The van der Waals surface area contributed by atoms with Crippen molar-refractivity contribution < 1.29 is 13.2 Å². The molecule has 0 radical (unpaired) electrons. The van der Waals surface area contributed by atoms with Gasteiger partial charge >= 0.3 is 0 Å². The summed E-state index contributed by atoms with van der Waals surface area (Å²) in [7, 11) is -3.40. The first-order chi connectivity index (χ1) is 11.5. The molecule has 0 amide bonds. The normalized spacial score (nSPS) is 14.8. The maximum absolute atomic E-state index is 12.1. The molecule has 0 aromatic heterocycles. The quantitative estimate of drug-likeness (QED) is 0.203. The number of halogens is 1. The third kappa shape index (κ3) is 8.34. The zero-order valence-electron chi connectivity index (χ0n) is 14.4. The molecule has 1 aliphatic rings. The molecule has 1 aliphatic carbocycles. The van der Waals surface area contributed by atoms with Gasteiger partial charge in [-0.1, -0.05) is 12.1 Å². The Balaban J connectivity index is 0.00000312. The fourth-order valence-electron chi connectivity index (χ4n) is 2.03. The SMILES string of the molecule is CCOCCCNC(N)=NCc1ccc(S(=O)(=O)NC2CC2)cc1.I. The Bertz CT molecular complexity index is 646. The molecule has 0 unspecified atom stereocenters. The zero-order valence-corrected chi connectivity index (χ0v) is 17.5. The molecule has 0 atom stereocenters. The zero-order chi connectivity index (χ0) is 17.4. The highest BCUT2D eigenvalue weighted by Crippen LogP contribution is 2.22. The number of nitrogens with zero attached hydrogens (tertiary/aromatic N) is 1. The number of nitrogens with one attached hydrogen (secondary N) is 2. The fourth-order valence-corrected chi connectivity index (χ4v) is 3.34. The summed E-state index contributed by atoms with van der Waals surface area (Å²) in [4.78, 5) is 4.52. The number of rotatable bonds is 10. The first kappa shape index (κ1) is 22.1. The van der Waals surface area contributed by atoms with Gasteiger partial charge in [0.05, 0.1) is 11.4 Å². The number of benzene rings is 1. The minimum atomic E-state index is -3.40. The molecule has 25 heavy (non-hydrogen) atoms. The molecule has 2 rings (SSSR count). The van der Waals surface area contributed by atoms with Crippen molar-refractivity contribution in [2.75, 3.05) is 19.8 Å². The minimum absolute atomic E-state index is 0. The fraction of sp³-hybridized carbons (Fsp3) is 0.562. The van der Waals surface area contributed by atoms with Crippen molar-refractivity contribution in [3.8, 4) is 0 Å². The molecule has 4 N–H and O–H groups in total. The van der Waals surface area contributed by atoms with E-state index < -0.39 is 10.0 Å². The number of sulfonamides is 1. The Kier molecular flexibility index (Phi) is 9.69. The van der Waals surface area contributed by atoms with Crippen molar-refractivity contribution in [2.24, 2.45) is 10.7 Å². The number of nitrogens with two attached hydrogens (primary N) is 1. The van der Waals surface area contributed by atoms with Crippen LogP contribution < -0.4 is 15.8 Å². The topological polar surface area (TPSA) is 106 Å². The van der Waals surface area contributed by atoms with Gasteiger partial charge < -0.3 is 15.8 Å². The molecule has 0 bridgehead atoms. The van der Waals surface area contributed by atoms with E-state index in [0.717, 1.165) is 24.8 Å². The monoisotopic (exact) mass is 482 g/mol. The van der Waals surface area contributed by atoms with E-state index in [9.17, 15) is 8.42 Å². The van der Waals surface area contributed by atoms with Crippen LogP contribution in [0, 0.1) is 0 Å². The molecule has 1 saturated carbocycles. The molecule has 142 valence electrons. The van der Waals surface area contributed by atoms with Crippen LogP contribution in [-0.4, -0.2) is 40.2 Å². The van der Waals surface area contributed by atoms with E-state index in [2.05, 4.69) is 15.0 Å². The number of guanidine groups is 1. The number of hydrogen-bond acceptors (Lipinski definition) is 4. The Labute approximate surface area is 166 Å². The second-order valence-electron chi connectivity index (χ2n) is 5.72. The number of aliphatic imine (C=N–C) groups is 1. The maximum atomic E-state index is 12.1. The summed E-state index contributed by atoms with van der Waals surface area (Å²) in [5.41, 5.74) is 6.69. The predicted molar refractivity (Wildman–Crippen MR) is 110 cm³/mol. The number of ether oxygens (including phenoxy) is 1. The van der Waals surface area contributed by atoms with Gasteiger partial charge in [0, 0.05) is 25.8 Å². The van der Waals surface area contributed by atoms with E-state index in [-0.39, 0.29) is 34.9 Å². The Morgan fingerprint density at radius 1 is 1.32 bits per heavy atom. The third-order valence-electron chi connectivity index (χ3n) is 3.54. The van der Waals surface area contributed by atoms with E-state index >= 15 is 0 Å². The highest BCUT2D eigenvalue weighted by molar-refractivity contribution is 14.0. The van der Waals surface area contributed by atoms with Gasteiger partial charge in [-0.2, -0.15) is 0 Å². The average molecular weight is 482 g/mol. The first-order valence-electron chi connectivity index (χ1n) is 8.24. The highest BCUT2D eigenvalue weighted by atomic mass is 127. The van der Waals surface area contributed by atoms with Crippen LogP contribution in [-0.2, 0) is 21.3 Å². The largest absolute Gasteiger partial charge is 0.382 e. The Hall–Kier alpha value is -0.910. The number of hydrogen-bond donors (Lipinski definition) is 3. The molecule has 1 aromatic carbocycles. The Morgan fingerprint density at radius 2 is 2.00 bits per heavy atom. The van der Waals surface area contributed by atoms with Crippen molar-refractivity contribution >= 4 is 40.0 Å². The van der Waals surface area contributed by atoms with E-state index in [1.807, 2.05) is 6.92 Å². The van der Waals surface area contributed by atoms with Crippen LogP contribution in [0.1, 0.15) is 31.7 Å². The summed E-state index contributed by atoms with van der Waals surface area (Å²) in [5, 5.41) is 3.02. The van der Waals surface area contributed by atoms with Crippen molar-refractivity contribution in [2.45, 2.75) is 43.7 Å². The second-order valence-corrected chi connectivity index (χ2v) is 7.43. The van der Waals surface area contributed by atoms with Crippen LogP contribution in [0.15, 0.2) is 34.2 Å². The van der Waals surface area contributed by atoms with Gasteiger partial charge in [0.15, 0.2) is 5.96 Å². The summed E-state index contributed by atoms with van der Waals surface area (Å²) in [6, 6.07) is 6.82.